The summed E-state index contributed by atoms with van der Waals surface area (Å²) in [6.07, 6.45) is 1.79. The first-order chi connectivity index (χ1) is 7.18. The Morgan fingerprint density at radius 2 is 1.33 bits per heavy atom. The van der Waals surface area contributed by atoms with Crippen molar-refractivity contribution in [3.63, 3.8) is 0 Å². The minimum atomic E-state index is 1.07. The van der Waals surface area contributed by atoms with Crippen molar-refractivity contribution in [2.45, 2.75) is 20.8 Å². The van der Waals surface area contributed by atoms with Gasteiger partial charge in [-0.15, -0.1) is 0 Å². The zero-order chi connectivity index (χ0) is 11.1. The fourth-order valence-electron chi connectivity index (χ4n) is 1.13. The van der Waals surface area contributed by atoms with Gasteiger partial charge in [0.2, 0.25) is 0 Å². The highest BCUT2D eigenvalue weighted by Crippen LogP contribution is 1.93. The maximum absolute atomic E-state index is 4.17. The molecule has 2 heterocycles. The Hall–Kier alpha value is -1.70. The van der Waals surface area contributed by atoms with Crippen molar-refractivity contribution in [3.05, 3.63) is 59.7 Å². The van der Waals surface area contributed by atoms with Crippen LogP contribution in [0.4, 0.5) is 0 Å². The van der Waals surface area contributed by atoms with Crippen LogP contribution in [-0.2, 0) is 0 Å². The van der Waals surface area contributed by atoms with Crippen LogP contribution in [0.2, 0.25) is 0 Å². The predicted octanol–water partition coefficient (Wildman–Crippen LogP) is 3.09. The first kappa shape index (κ1) is 11.4. The molecule has 0 spiro atoms. The number of hydrogen-bond donors (Lipinski definition) is 0. The Balaban J connectivity index is 0.000000151. The van der Waals surface area contributed by atoms with Gasteiger partial charge in [0.05, 0.1) is 0 Å². The molecular weight excluding hydrogens is 184 g/mol. The minimum absolute atomic E-state index is 1.07. The Morgan fingerprint density at radius 3 is 1.60 bits per heavy atom. The highest BCUT2D eigenvalue weighted by molar-refractivity contribution is 5.07. The monoisotopic (exact) mass is 200 g/mol. The zero-order valence-corrected chi connectivity index (χ0v) is 9.44. The smallest absolute Gasteiger partial charge is 0.0375 e. The normalized spacial score (nSPS) is 9.00. The first-order valence-electron chi connectivity index (χ1n) is 4.96. The lowest BCUT2D eigenvalue weighted by Gasteiger charge is -1.90. The Kier molecular flexibility index (Phi) is 4.48. The molecule has 0 bridgehead atoms. The third kappa shape index (κ3) is 4.91. The van der Waals surface area contributed by atoms with Crippen LogP contribution >= 0.6 is 0 Å². The van der Waals surface area contributed by atoms with E-state index in [1.54, 1.807) is 6.20 Å². The van der Waals surface area contributed by atoms with E-state index in [-0.39, 0.29) is 0 Å². The quantitative estimate of drug-likeness (QED) is 0.653. The molecule has 2 nitrogen and oxygen atoms in total. The van der Waals surface area contributed by atoms with E-state index in [2.05, 4.69) is 9.97 Å². The summed E-state index contributed by atoms with van der Waals surface area (Å²) < 4.78 is 0. The molecule has 15 heavy (non-hydrogen) atoms. The molecule has 0 atom stereocenters. The molecule has 0 amide bonds. The van der Waals surface area contributed by atoms with Crippen molar-refractivity contribution in [1.29, 1.82) is 0 Å². The van der Waals surface area contributed by atoms with Crippen molar-refractivity contribution in [2.75, 3.05) is 0 Å². The highest BCUT2D eigenvalue weighted by Gasteiger charge is 1.82. The van der Waals surface area contributed by atoms with E-state index in [1.165, 1.54) is 0 Å². The molecule has 2 aromatic rings. The molecule has 2 rings (SSSR count). The number of nitrogens with zero attached hydrogens (tertiary/aromatic N) is 2. The van der Waals surface area contributed by atoms with Crippen LogP contribution in [0.5, 0.6) is 0 Å². The summed E-state index contributed by atoms with van der Waals surface area (Å²) in [5, 5.41) is 0. The molecule has 78 valence electrons. The van der Waals surface area contributed by atoms with Crippen LogP contribution in [0, 0.1) is 20.8 Å². The van der Waals surface area contributed by atoms with Crippen LogP contribution in [0.25, 0.3) is 0 Å². The average Bonchev–Trinajstić information content (AvgIpc) is 2.19. The molecule has 0 aromatic carbocycles. The van der Waals surface area contributed by atoms with Crippen molar-refractivity contribution in [1.82, 2.24) is 9.97 Å². The fourth-order valence-corrected chi connectivity index (χ4v) is 1.13. The Morgan fingerprint density at radius 1 is 0.733 bits per heavy atom. The molecule has 0 unspecified atom stereocenters. The Bertz CT molecular complexity index is 379. The van der Waals surface area contributed by atoms with Crippen LogP contribution < -0.4 is 0 Å². The lowest BCUT2D eigenvalue weighted by molar-refractivity contribution is 1.12. The van der Waals surface area contributed by atoms with Crippen molar-refractivity contribution < 1.29 is 0 Å². The second-order valence-corrected chi connectivity index (χ2v) is 3.39. The highest BCUT2D eigenvalue weighted by atomic mass is 14.7. The van der Waals surface area contributed by atoms with Gasteiger partial charge in [-0.3, -0.25) is 9.97 Å². The summed E-state index contributed by atoms with van der Waals surface area (Å²) in [6.45, 7) is 5.96. The second kappa shape index (κ2) is 5.91. The molecule has 0 saturated heterocycles. The van der Waals surface area contributed by atoms with Crippen LogP contribution in [0.1, 0.15) is 17.1 Å². The SMILES string of the molecule is Cc1cccc(C)n1.Cc1ccccn1. The molecule has 0 N–H and O–H groups in total. The van der Waals surface area contributed by atoms with Crippen molar-refractivity contribution in [3.8, 4) is 0 Å². The molecule has 0 aliphatic heterocycles. The van der Waals surface area contributed by atoms with Gasteiger partial charge in [-0.05, 0) is 45.0 Å². The Labute approximate surface area is 91.0 Å². The summed E-state index contributed by atoms with van der Waals surface area (Å²) in [7, 11) is 0. The third-order valence-corrected chi connectivity index (χ3v) is 1.84. The van der Waals surface area contributed by atoms with Crippen LogP contribution in [-0.4, -0.2) is 9.97 Å². The number of aryl methyl sites for hydroxylation is 3. The number of pyridine rings is 2. The fraction of sp³-hybridized carbons (Fsp3) is 0.231. The van der Waals surface area contributed by atoms with E-state index >= 15 is 0 Å². The molecule has 2 heteroatoms. The summed E-state index contributed by atoms with van der Waals surface area (Å²) in [5.41, 5.74) is 3.25. The van der Waals surface area contributed by atoms with E-state index in [1.807, 2.05) is 57.2 Å². The minimum Gasteiger partial charge on any atom is -0.262 e. The maximum Gasteiger partial charge on any atom is 0.0375 e. The summed E-state index contributed by atoms with van der Waals surface area (Å²) >= 11 is 0. The lowest BCUT2D eigenvalue weighted by atomic mass is 10.3. The van der Waals surface area contributed by atoms with Crippen LogP contribution in [0.3, 0.4) is 0 Å². The van der Waals surface area contributed by atoms with E-state index in [9.17, 15) is 0 Å². The molecule has 2 aromatic heterocycles. The third-order valence-electron chi connectivity index (χ3n) is 1.84. The molecule has 0 aliphatic carbocycles. The van der Waals surface area contributed by atoms with Crippen molar-refractivity contribution in [2.24, 2.45) is 0 Å². The van der Waals surface area contributed by atoms with E-state index in [0.717, 1.165) is 17.1 Å². The van der Waals surface area contributed by atoms with Crippen molar-refractivity contribution >= 4 is 0 Å². The maximum atomic E-state index is 4.17. The van der Waals surface area contributed by atoms with E-state index in [0.29, 0.717) is 0 Å². The molecule has 0 saturated carbocycles. The van der Waals surface area contributed by atoms with Gasteiger partial charge in [0.1, 0.15) is 0 Å². The number of aromatic nitrogens is 2. The predicted molar refractivity (Wildman–Crippen MR) is 62.7 cm³/mol. The number of hydrogen-bond acceptors (Lipinski definition) is 2. The number of rotatable bonds is 0. The van der Waals surface area contributed by atoms with Gasteiger partial charge >= 0.3 is 0 Å². The van der Waals surface area contributed by atoms with E-state index < -0.39 is 0 Å². The lowest BCUT2D eigenvalue weighted by Crippen LogP contribution is -1.81. The van der Waals surface area contributed by atoms with Gasteiger partial charge in [-0.2, -0.15) is 0 Å². The topological polar surface area (TPSA) is 25.8 Å². The summed E-state index contributed by atoms with van der Waals surface area (Å²) in [5.74, 6) is 0. The largest absolute Gasteiger partial charge is 0.262 e. The zero-order valence-electron chi connectivity index (χ0n) is 9.44. The van der Waals surface area contributed by atoms with Gasteiger partial charge in [0, 0.05) is 23.3 Å². The van der Waals surface area contributed by atoms with Gasteiger partial charge in [0.25, 0.3) is 0 Å². The first-order valence-corrected chi connectivity index (χ1v) is 4.96. The molecule has 0 aliphatic rings. The van der Waals surface area contributed by atoms with E-state index in [4.69, 9.17) is 0 Å². The molecule has 0 radical (unpaired) electrons. The van der Waals surface area contributed by atoms with Gasteiger partial charge in [-0.1, -0.05) is 12.1 Å². The standard InChI is InChI=1S/C7H9N.C6H7N/c1-6-4-3-5-7(2)8-6;1-6-4-2-3-5-7-6/h3-5H,1-2H3;2-5H,1H3. The summed E-state index contributed by atoms with van der Waals surface area (Å²) in [4.78, 5) is 8.15. The average molecular weight is 200 g/mol. The van der Waals surface area contributed by atoms with Gasteiger partial charge < -0.3 is 0 Å². The van der Waals surface area contributed by atoms with Gasteiger partial charge in [0.15, 0.2) is 0 Å². The molecular formula is C13H16N2. The van der Waals surface area contributed by atoms with Gasteiger partial charge in [-0.25, -0.2) is 0 Å². The van der Waals surface area contributed by atoms with Crippen LogP contribution in [0.15, 0.2) is 42.6 Å². The summed E-state index contributed by atoms with van der Waals surface area (Å²) in [6, 6.07) is 11.9. The molecule has 0 fully saturated rings. The second-order valence-electron chi connectivity index (χ2n) is 3.39.